The van der Waals surface area contributed by atoms with Gasteiger partial charge in [0.05, 0.1) is 13.2 Å². The van der Waals surface area contributed by atoms with E-state index in [4.69, 9.17) is 4.74 Å². The number of nitrogens with one attached hydrogen (secondary N) is 1. The van der Waals surface area contributed by atoms with Crippen LogP contribution in [0.1, 0.15) is 39.0 Å². The van der Waals surface area contributed by atoms with E-state index in [0.29, 0.717) is 58.6 Å². The van der Waals surface area contributed by atoms with Crippen LogP contribution in [-0.2, 0) is 26.2 Å². The Balaban J connectivity index is 1.51. The first-order valence-electron chi connectivity index (χ1n) is 13.7. The van der Waals surface area contributed by atoms with Gasteiger partial charge in [-0.3, -0.25) is 9.59 Å². The summed E-state index contributed by atoms with van der Waals surface area (Å²) in [5, 5.41) is 1.68. The second-order valence-corrected chi connectivity index (χ2v) is 12.6. The van der Waals surface area contributed by atoms with E-state index in [1.807, 2.05) is 46.9 Å². The van der Waals surface area contributed by atoms with Gasteiger partial charge >= 0.3 is 0 Å². The van der Waals surface area contributed by atoms with Crippen LogP contribution in [0.3, 0.4) is 0 Å². The molecule has 2 aromatic heterocycles. The van der Waals surface area contributed by atoms with Crippen molar-refractivity contribution in [3.8, 4) is 17.1 Å². The average molecular weight is 588 g/mol. The van der Waals surface area contributed by atoms with E-state index >= 15 is 0 Å². The van der Waals surface area contributed by atoms with Crippen molar-refractivity contribution in [1.82, 2.24) is 24.1 Å². The Morgan fingerprint density at radius 2 is 1.77 bits per heavy atom. The van der Waals surface area contributed by atoms with Crippen LogP contribution in [0.15, 0.2) is 58.4 Å². The zero-order chi connectivity index (χ0) is 28.4. The highest BCUT2D eigenvalue weighted by molar-refractivity contribution is 7.91. The molecule has 0 saturated carbocycles. The standard InChI is InChI=1S/C28H37N5O5S2/c1-2-8-25(34)31-13-3-4-14-32(26(35)22-30-40(36,37)27-11-6-20-39-27)17-18-33-16-12-29-28(33)23-9-5-10-24(21-23)38-19-7-15-31/h5-6,9-12,16,20-21,30H,2-4,7-8,13-15,17-19,22H2,1H3. The van der Waals surface area contributed by atoms with E-state index in [-0.39, 0.29) is 22.6 Å². The number of rotatable bonds is 6. The van der Waals surface area contributed by atoms with E-state index < -0.39 is 10.0 Å². The SMILES string of the molecule is CCCC(=O)N1CCCCN(C(=O)CNS(=O)(=O)c2cccs2)CCn2ccnc2-c2cccc(c2)OCCC1. The Bertz CT molecular complexity index is 1360. The normalized spacial score (nSPS) is 15.6. The van der Waals surface area contributed by atoms with Crippen molar-refractivity contribution in [2.75, 3.05) is 39.3 Å². The number of amides is 2. The second-order valence-electron chi connectivity index (χ2n) is 9.65. The molecule has 216 valence electrons. The summed E-state index contributed by atoms with van der Waals surface area (Å²) < 4.78 is 35.8. The van der Waals surface area contributed by atoms with Gasteiger partial charge in [0.25, 0.3) is 10.0 Å². The predicted molar refractivity (Wildman–Crippen MR) is 155 cm³/mol. The molecule has 40 heavy (non-hydrogen) atoms. The molecule has 2 bridgehead atoms. The second kappa shape index (κ2) is 14.4. The smallest absolute Gasteiger partial charge is 0.250 e. The molecule has 0 radical (unpaired) electrons. The van der Waals surface area contributed by atoms with Crippen LogP contribution in [-0.4, -0.2) is 78.9 Å². The van der Waals surface area contributed by atoms with E-state index in [1.165, 1.54) is 6.07 Å². The summed E-state index contributed by atoms with van der Waals surface area (Å²) in [6.45, 7) is 4.72. The molecule has 12 heteroatoms. The zero-order valence-corrected chi connectivity index (χ0v) is 24.5. The molecule has 1 N–H and O–H groups in total. The molecule has 3 aromatic rings. The Morgan fingerprint density at radius 1 is 1.00 bits per heavy atom. The molecule has 2 amide bonds. The summed E-state index contributed by atoms with van der Waals surface area (Å²) in [7, 11) is -3.75. The summed E-state index contributed by atoms with van der Waals surface area (Å²) in [5.41, 5.74) is 0.896. The summed E-state index contributed by atoms with van der Waals surface area (Å²) in [6, 6.07) is 10.9. The molecule has 0 spiro atoms. The monoisotopic (exact) mass is 587 g/mol. The number of carbonyl (C=O) groups excluding carboxylic acids is 2. The zero-order valence-electron chi connectivity index (χ0n) is 22.8. The maximum Gasteiger partial charge on any atom is 0.250 e. The van der Waals surface area contributed by atoms with Gasteiger partial charge in [0.2, 0.25) is 11.8 Å². The molecule has 0 atom stereocenters. The Kier molecular flexibility index (Phi) is 10.7. The van der Waals surface area contributed by atoms with Gasteiger partial charge in [-0.15, -0.1) is 11.3 Å². The van der Waals surface area contributed by atoms with Crippen molar-refractivity contribution >= 4 is 33.2 Å². The highest BCUT2D eigenvalue weighted by Gasteiger charge is 2.21. The number of carbonyl (C=O) groups is 2. The van der Waals surface area contributed by atoms with Crippen LogP contribution in [0.25, 0.3) is 11.4 Å². The van der Waals surface area contributed by atoms with E-state index in [9.17, 15) is 18.0 Å². The van der Waals surface area contributed by atoms with Gasteiger partial charge in [-0.1, -0.05) is 25.1 Å². The maximum absolute atomic E-state index is 13.2. The van der Waals surface area contributed by atoms with Crippen molar-refractivity contribution in [2.45, 2.75) is 49.8 Å². The third-order valence-electron chi connectivity index (χ3n) is 6.71. The van der Waals surface area contributed by atoms with Gasteiger partial charge in [-0.2, -0.15) is 0 Å². The fourth-order valence-corrected chi connectivity index (χ4v) is 6.62. The van der Waals surface area contributed by atoms with E-state index in [0.717, 1.165) is 41.3 Å². The van der Waals surface area contributed by atoms with Crippen molar-refractivity contribution in [3.63, 3.8) is 0 Å². The number of benzene rings is 1. The number of nitrogens with zero attached hydrogens (tertiary/aromatic N) is 4. The highest BCUT2D eigenvalue weighted by atomic mass is 32.2. The van der Waals surface area contributed by atoms with Crippen LogP contribution in [0.5, 0.6) is 5.75 Å². The molecule has 0 fully saturated rings. The lowest BCUT2D eigenvalue weighted by molar-refractivity contribution is -0.132. The molecule has 3 heterocycles. The van der Waals surface area contributed by atoms with Crippen molar-refractivity contribution in [2.24, 2.45) is 0 Å². The van der Waals surface area contributed by atoms with Crippen LogP contribution < -0.4 is 9.46 Å². The van der Waals surface area contributed by atoms with Crippen molar-refractivity contribution in [1.29, 1.82) is 0 Å². The summed E-state index contributed by atoms with van der Waals surface area (Å²) in [4.78, 5) is 34.1. The summed E-state index contributed by atoms with van der Waals surface area (Å²) >= 11 is 1.11. The van der Waals surface area contributed by atoms with Crippen molar-refractivity contribution in [3.05, 3.63) is 54.2 Å². The number of aromatic nitrogens is 2. The van der Waals surface area contributed by atoms with Crippen LogP contribution >= 0.6 is 11.3 Å². The largest absolute Gasteiger partial charge is 0.494 e. The number of hydrogen-bond donors (Lipinski definition) is 1. The minimum atomic E-state index is -3.75. The molecule has 0 unspecified atom stereocenters. The van der Waals surface area contributed by atoms with Crippen LogP contribution in [0.4, 0.5) is 0 Å². The minimum absolute atomic E-state index is 0.128. The van der Waals surface area contributed by atoms with Gasteiger partial charge in [0.1, 0.15) is 15.8 Å². The first-order chi connectivity index (χ1) is 19.4. The first-order valence-corrected chi connectivity index (χ1v) is 16.1. The number of hydrogen-bond acceptors (Lipinski definition) is 7. The Hall–Kier alpha value is -3.22. The number of fused-ring (bicyclic) bond motifs is 4. The molecule has 1 aromatic carbocycles. The molecule has 1 aliphatic rings. The molecular weight excluding hydrogens is 550 g/mol. The Morgan fingerprint density at radius 3 is 2.52 bits per heavy atom. The maximum atomic E-state index is 13.2. The molecule has 0 aliphatic carbocycles. The molecular formula is C28H37N5O5S2. The number of thiophene rings is 1. The van der Waals surface area contributed by atoms with E-state index in [1.54, 1.807) is 22.5 Å². The molecule has 10 nitrogen and oxygen atoms in total. The van der Waals surface area contributed by atoms with Crippen LogP contribution in [0.2, 0.25) is 0 Å². The van der Waals surface area contributed by atoms with Gasteiger partial charge in [-0.25, -0.2) is 18.1 Å². The molecule has 1 aliphatic heterocycles. The van der Waals surface area contributed by atoms with Gasteiger partial charge in [0, 0.05) is 57.1 Å². The number of sulfonamides is 1. The van der Waals surface area contributed by atoms with Crippen LogP contribution in [0, 0.1) is 0 Å². The number of ether oxygens (including phenoxy) is 1. The fourth-order valence-electron chi connectivity index (χ4n) is 4.60. The van der Waals surface area contributed by atoms with E-state index in [2.05, 4.69) is 9.71 Å². The molecule has 0 saturated heterocycles. The van der Waals surface area contributed by atoms with Crippen molar-refractivity contribution < 1.29 is 22.7 Å². The lowest BCUT2D eigenvalue weighted by Gasteiger charge is -2.25. The Labute approximate surface area is 240 Å². The average Bonchev–Trinajstić information content (AvgIpc) is 3.65. The fraction of sp³-hybridized carbons (Fsp3) is 0.464. The van der Waals surface area contributed by atoms with Gasteiger partial charge in [-0.05, 0) is 49.3 Å². The molecule has 4 rings (SSSR count). The van der Waals surface area contributed by atoms with Gasteiger partial charge < -0.3 is 19.1 Å². The number of imidazole rings is 1. The predicted octanol–water partition coefficient (Wildman–Crippen LogP) is 3.61. The quantitative estimate of drug-likeness (QED) is 0.472. The first kappa shape index (κ1) is 29.8. The highest BCUT2D eigenvalue weighted by Crippen LogP contribution is 2.23. The topological polar surface area (TPSA) is 114 Å². The summed E-state index contributed by atoms with van der Waals surface area (Å²) in [6.07, 6.45) is 7.02. The third kappa shape index (κ3) is 8.15. The van der Waals surface area contributed by atoms with Gasteiger partial charge in [0.15, 0.2) is 0 Å². The summed E-state index contributed by atoms with van der Waals surface area (Å²) in [5.74, 6) is 1.33. The lowest BCUT2D eigenvalue weighted by atomic mass is 10.2. The third-order valence-corrected chi connectivity index (χ3v) is 9.51. The minimum Gasteiger partial charge on any atom is -0.494 e. The lowest BCUT2D eigenvalue weighted by Crippen LogP contribution is -2.42.